The van der Waals surface area contributed by atoms with Crippen LogP contribution < -0.4 is 4.72 Å². The van der Waals surface area contributed by atoms with Crippen molar-refractivity contribution in [1.29, 1.82) is 5.26 Å². The molecule has 1 aromatic heterocycles. The topological polar surface area (TPSA) is 109 Å². The molecule has 2 aromatic rings. The van der Waals surface area contributed by atoms with Gasteiger partial charge in [0.2, 0.25) is 5.89 Å². The lowest BCUT2D eigenvalue weighted by Gasteiger charge is -2.11. The summed E-state index contributed by atoms with van der Waals surface area (Å²) < 4.78 is 32.1. The molecule has 0 radical (unpaired) electrons. The Kier molecular flexibility index (Phi) is 4.13. The van der Waals surface area contributed by atoms with Gasteiger partial charge < -0.3 is 4.42 Å². The maximum Gasteiger partial charge on any atom is 0.329 e. The number of sulfonamides is 1. The van der Waals surface area contributed by atoms with E-state index in [1.807, 2.05) is 20.8 Å². The average Bonchev–Trinajstić information content (AvgIpc) is 2.86. The molecule has 0 atom stereocenters. The summed E-state index contributed by atoms with van der Waals surface area (Å²) in [4.78, 5) is -0.252. The zero-order valence-corrected chi connectivity index (χ0v) is 13.7. The fourth-order valence-electron chi connectivity index (χ4n) is 1.57. The van der Waals surface area contributed by atoms with Crippen LogP contribution in [0, 0.1) is 11.3 Å². The van der Waals surface area contributed by atoms with Crippen LogP contribution in [-0.4, -0.2) is 18.6 Å². The molecular formula is C13H13ClN4O3S. The van der Waals surface area contributed by atoms with Gasteiger partial charge in [0.15, 0.2) is 0 Å². The van der Waals surface area contributed by atoms with Crippen LogP contribution in [0.15, 0.2) is 27.5 Å². The first-order valence-corrected chi connectivity index (χ1v) is 8.06. The highest BCUT2D eigenvalue weighted by molar-refractivity contribution is 7.92. The SMILES string of the molecule is CC(C)(C)c1nnc(NS(=O)(=O)c2cccc(Cl)c2C#N)o1. The lowest BCUT2D eigenvalue weighted by atomic mass is 9.97. The molecule has 2 rings (SSSR count). The number of hydrogen-bond acceptors (Lipinski definition) is 6. The number of nitriles is 1. The molecule has 0 aliphatic rings. The van der Waals surface area contributed by atoms with Gasteiger partial charge in [-0.05, 0) is 12.1 Å². The summed E-state index contributed by atoms with van der Waals surface area (Å²) in [6.07, 6.45) is 0. The summed E-state index contributed by atoms with van der Waals surface area (Å²) in [5, 5.41) is 16.5. The van der Waals surface area contributed by atoms with Crippen molar-refractivity contribution in [3.8, 4) is 6.07 Å². The van der Waals surface area contributed by atoms with E-state index in [-0.39, 0.29) is 27.4 Å². The third-order valence-electron chi connectivity index (χ3n) is 2.66. The number of rotatable bonds is 3. The maximum atomic E-state index is 12.3. The summed E-state index contributed by atoms with van der Waals surface area (Å²) in [5.41, 5.74) is -0.558. The molecule has 22 heavy (non-hydrogen) atoms. The first kappa shape index (κ1) is 16.3. The van der Waals surface area contributed by atoms with Gasteiger partial charge in [-0.25, -0.2) is 13.1 Å². The number of hydrogen-bond donors (Lipinski definition) is 1. The van der Waals surface area contributed by atoms with Crippen molar-refractivity contribution in [2.24, 2.45) is 0 Å². The Hall–Kier alpha value is -2.11. The Morgan fingerprint density at radius 3 is 2.55 bits per heavy atom. The van der Waals surface area contributed by atoms with Crippen LogP contribution in [0.5, 0.6) is 0 Å². The highest BCUT2D eigenvalue weighted by Gasteiger charge is 2.25. The van der Waals surface area contributed by atoms with Crippen LogP contribution in [0.3, 0.4) is 0 Å². The van der Waals surface area contributed by atoms with Gasteiger partial charge in [0.1, 0.15) is 11.0 Å². The van der Waals surface area contributed by atoms with E-state index in [0.717, 1.165) is 0 Å². The highest BCUT2D eigenvalue weighted by Crippen LogP contribution is 2.26. The molecule has 0 saturated carbocycles. The predicted octanol–water partition coefficient (Wildman–Crippen LogP) is 2.69. The number of anilines is 1. The number of halogens is 1. The maximum absolute atomic E-state index is 12.3. The van der Waals surface area contributed by atoms with Crippen LogP contribution in [0.2, 0.25) is 5.02 Å². The van der Waals surface area contributed by atoms with Gasteiger partial charge in [-0.15, -0.1) is 5.10 Å². The molecule has 0 spiro atoms. The molecular weight excluding hydrogens is 328 g/mol. The fraction of sp³-hybridized carbons (Fsp3) is 0.308. The second-order valence-corrected chi connectivity index (χ2v) is 7.55. The molecule has 0 amide bonds. The standard InChI is InChI=1S/C13H13ClN4O3S/c1-13(2,3)11-16-17-12(21-11)18-22(19,20)10-6-4-5-9(14)8(10)7-15/h4-6H,1-3H3,(H,17,18). The molecule has 116 valence electrons. The molecule has 0 unspecified atom stereocenters. The Bertz CT molecular complexity index is 847. The van der Waals surface area contributed by atoms with Crippen molar-refractivity contribution < 1.29 is 12.8 Å². The Morgan fingerprint density at radius 2 is 2.00 bits per heavy atom. The Labute approximate surface area is 133 Å². The van der Waals surface area contributed by atoms with Crippen LogP contribution in [0.1, 0.15) is 32.2 Å². The molecule has 0 bridgehead atoms. The quantitative estimate of drug-likeness (QED) is 0.919. The van der Waals surface area contributed by atoms with Gasteiger partial charge in [-0.1, -0.05) is 43.5 Å². The van der Waals surface area contributed by atoms with E-state index >= 15 is 0 Å². The summed E-state index contributed by atoms with van der Waals surface area (Å²) in [5.74, 6) is 0.289. The minimum Gasteiger partial charge on any atom is -0.407 e. The van der Waals surface area contributed by atoms with Crippen LogP contribution >= 0.6 is 11.6 Å². The van der Waals surface area contributed by atoms with Gasteiger partial charge >= 0.3 is 6.01 Å². The monoisotopic (exact) mass is 340 g/mol. The Balaban J connectivity index is 2.39. The van der Waals surface area contributed by atoms with Gasteiger partial charge in [-0.2, -0.15) is 5.26 Å². The van der Waals surface area contributed by atoms with E-state index in [9.17, 15) is 8.42 Å². The second kappa shape index (κ2) is 5.59. The molecule has 0 aliphatic heterocycles. The van der Waals surface area contributed by atoms with E-state index in [2.05, 4.69) is 14.9 Å². The molecule has 7 nitrogen and oxygen atoms in total. The normalized spacial score (nSPS) is 12.0. The highest BCUT2D eigenvalue weighted by atomic mass is 35.5. The summed E-state index contributed by atoms with van der Waals surface area (Å²) >= 11 is 5.84. The number of aromatic nitrogens is 2. The van der Waals surface area contributed by atoms with Gasteiger partial charge in [0.05, 0.1) is 10.6 Å². The van der Waals surface area contributed by atoms with E-state index in [4.69, 9.17) is 21.3 Å². The molecule has 9 heteroatoms. The van der Waals surface area contributed by atoms with Crippen molar-refractivity contribution >= 4 is 27.6 Å². The first-order chi connectivity index (χ1) is 10.1. The molecule has 0 aliphatic carbocycles. The molecule has 0 saturated heterocycles. The van der Waals surface area contributed by atoms with Crippen LogP contribution in [-0.2, 0) is 15.4 Å². The third kappa shape index (κ3) is 3.21. The van der Waals surface area contributed by atoms with E-state index in [1.165, 1.54) is 18.2 Å². The van der Waals surface area contributed by atoms with Crippen molar-refractivity contribution in [2.75, 3.05) is 4.72 Å². The minimum atomic E-state index is -4.06. The van der Waals surface area contributed by atoms with Gasteiger partial charge in [0.25, 0.3) is 10.0 Å². The Morgan fingerprint density at radius 1 is 1.32 bits per heavy atom. The summed E-state index contributed by atoms with van der Waals surface area (Å²) in [7, 11) is -4.06. The first-order valence-electron chi connectivity index (χ1n) is 6.20. The number of nitrogens with one attached hydrogen (secondary N) is 1. The van der Waals surface area contributed by atoms with Crippen molar-refractivity contribution in [2.45, 2.75) is 31.1 Å². The molecule has 1 aromatic carbocycles. The summed E-state index contributed by atoms with van der Waals surface area (Å²) in [6.45, 7) is 5.55. The predicted molar refractivity (Wildman–Crippen MR) is 80.0 cm³/mol. The average molecular weight is 341 g/mol. The third-order valence-corrected chi connectivity index (χ3v) is 4.34. The van der Waals surface area contributed by atoms with Gasteiger partial charge in [-0.3, -0.25) is 0 Å². The van der Waals surface area contributed by atoms with E-state index < -0.39 is 15.4 Å². The second-order valence-electron chi connectivity index (χ2n) is 5.49. The van der Waals surface area contributed by atoms with Gasteiger partial charge in [0, 0.05) is 5.41 Å². The molecule has 0 fully saturated rings. The lowest BCUT2D eigenvalue weighted by molar-refractivity contribution is 0.401. The minimum absolute atomic E-state index is 0.0475. The van der Waals surface area contributed by atoms with Crippen LogP contribution in [0.25, 0.3) is 0 Å². The van der Waals surface area contributed by atoms with Crippen molar-refractivity contribution in [3.63, 3.8) is 0 Å². The largest absolute Gasteiger partial charge is 0.407 e. The van der Waals surface area contributed by atoms with E-state index in [0.29, 0.717) is 0 Å². The fourth-order valence-corrected chi connectivity index (χ4v) is 2.95. The zero-order chi connectivity index (χ0) is 16.5. The number of benzene rings is 1. The lowest BCUT2D eigenvalue weighted by Crippen LogP contribution is -2.15. The van der Waals surface area contributed by atoms with E-state index in [1.54, 1.807) is 6.07 Å². The molecule has 1 heterocycles. The zero-order valence-electron chi connectivity index (χ0n) is 12.1. The van der Waals surface area contributed by atoms with Crippen molar-refractivity contribution in [1.82, 2.24) is 10.2 Å². The number of nitrogens with zero attached hydrogens (tertiary/aromatic N) is 3. The van der Waals surface area contributed by atoms with Crippen LogP contribution in [0.4, 0.5) is 6.01 Å². The van der Waals surface area contributed by atoms with Crippen molar-refractivity contribution in [3.05, 3.63) is 34.7 Å². The molecule has 1 N–H and O–H groups in total. The summed E-state index contributed by atoms with van der Waals surface area (Å²) in [6, 6.07) is 5.64. The smallest absolute Gasteiger partial charge is 0.329 e.